The van der Waals surface area contributed by atoms with Crippen molar-refractivity contribution in [1.29, 1.82) is 0 Å². The van der Waals surface area contributed by atoms with E-state index in [1.54, 1.807) is 12.1 Å². The van der Waals surface area contributed by atoms with Gasteiger partial charge in [0.15, 0.2) is 0 Å². The van der Waals surface area contributed by atoms with Crippen molar-refractivity contribution in [3.8, 4) is 5.75 Å². The number of ether oxygens (including phenoxy) is 2. The SMILES string of the molecule is CCCCOc1ccc(C(=O)Nc2ccc(N3CCC(C)CC3)c(C(=O)NCCCN3CCOCC3)c2)cc1. The number of unbranched alkanes of at least 4 members (excludes halogenated alkanes) is 1. The predicted octanol–water partition coefficient (Wildman–Crippen LogP) is 4.81. The van der Waals surface area contributed by atoms with E-state index in [-0.39, 0.29) is 11.8 Å². The number of hydrogen-bond acceptors (Lipinski definition) is 6. The van der Waals surface area contributed by atoms with Crippen LogP contribution in [0.5, 0.6) is 5.75 Å². The Kier molecular flexibility index (Phi) is 11.0. The highest BCUT2D eigenvalue weighted by molar-refractivity contribution is 6.06. The van der Waals surface area contributed by atoms with Crippen LogP contribution in [0.25, 0.3) is 0 Å². The Morgan fingerprint density at radius 3 is 2.44 bits per heavy atom. The number of piperidine rings is 1. The molecule has 2 amide bonds. The molecule has 4 rings (SSSR count). The molecule has 2 fully saturated rings. The lowest BCUT2D eigenvalue weighted by Crippen LogP contribution is -2.38. The van der Waals surface area contributed by atoms with Gasteiger partial charge in [0.25, 0.3) is 11.8 Å². The summed E-state index contributed by atoms with van der Waals surface area (Å²) in [6.45, 7) is 11.9. The van der Waals surface area contributed by atoms with Gasteiger partial charge in [0.2, 0.25) is 0 Å². The number of hydrogen-bond donors (Lipinski definition) is 2. The van der Waals surface area contributed by atoms with Gasteiger partial charge in [-0.1, -0.05) is 20.3 Å². The second-order valence-corrected chi connectivity index (χ2v) is 10.6. The summed E-state index contributed by atoms with van der Waals surface area (Å²) in [5, 5.41) is 6.09. The van der Waals surface area contributed by atoms with Gasteiger partial charge in [-0.05, 0) is 80.6 Å². The van der Waals surface area contributed by atoms with Crippen LogP contribution >= 0.6 is 0 Å². The summed E-state index contributed by atoms with van der Waals surface area (Å²) < 4.78 is 11.1. The minimum atomic E-state index is -0.216. The molecule has 0 spiro atoms. The summed E-state index contributed by atoms with van der Waals surface area (Å²) in [6.07, 6.45) is 5.18. The molecule has 2 heterocycles. The normalized spacial score (nSPS) is 16.6. The van der Waals surface area contributed by atoms with Crippen LogP contribution in [0.1, 0.15) is 66.7 Å². The fraction of sp³-hybridized carbons (Fsp3) is 0.548. The van der Waals surface area contributed by atoms with Crippen molar-refractivity contribution in [3.63, 3.8) is 0 Å². The summed E-state index contributed by atoms with van der Waals surface area (Å²) in [5.74, 6) is 1.13. The van der Waals surface area contributed by atoms with E-state index in [4.69, 9.17) is 9.47 Å². The monoisotopic (exact) mass is 536 g/mol. The van der Waals surface area contributed by atoms with Crippen LogP contribution in [-0.2, 0) is 4.74 Å². The van der Waals surface area contributed by atoms with Gasteiger partial charge in [0.05, 0.1) is 25.4 Å². The molecule has 0 bridgehead atoms. The zero-order valence-electron chi connectivity index (χ0n) is 23.5. The van der Waals surface area contributed by atoms with E-state index < -0.39 is 0 Å². The van der Waals surface area contributed by atoms with Crippen molar-refractivity contribution in [2.45, 2.75) is 46.0 Å². The average molecular weight is 537 g/mol. The molecule has 2 aliphatic heterocycles. The number of benzene rings is 2. The molecular formula is C31H44N4O4. The summed E-state index contributed by atoms with van der Waals surface area (Å²) >= 11 is 0. The second kappa shape index (κ2) is 14.9. The van der Waals surface area contributed by atoms with Gasteiger partial charge in [0.1, 0.15) is 5.75 Å². The Hall–Kier alpha value is -3.10. The lowest BCUT2D eigenvalue weighted by molar-refractivity contribution is 0.0374. The van der Waals surface area contributed by atoms with Crippen molar-refractivity contribution in [1.82, 2.24) is 10.2 Å². The average Bonchev–Trinajstić information content (AvgIpc) is 2.97. The first-order chi connectivity index (χ1) is 19.0. The zero-order valence-corrected chi connectivity index (χ0v) is 23.5. The van der Waals surface area contributed by atoms with Crippen LogP contribution in [0.15, 0.2) is 42.5 Å². The van der Waals surface area contributed by atoms with Gasteiger partial charge in [-0.2, -0.15) is 0 Å². The molecule has 8 heteroatoms. The molecular weight excluding hydrogens is 492 g/mol. The number of rotatable bonds is 12. The van der Waals surface area contributed by atoms with Gasteiger partial charge in [0, 0.05) is 49.7 Å². The van der Waals surface area contributed by atoms with Gasteiger partial charge < -0.3 is 25.0 Å². The predicted molar refractivity (Wildman–Crippen MR) is 156 cm³/mol. The van der Waals surface area contributed by atoms with Crippen LogP contribution < -0.4 is 20.3 Å². The number of carbonyl (C=O) groups is 2. The number of amides is 2. The smallest absolute Gasteiger partial charge is 0.255 e. The van der Waals surface area contributed by atoms with Gasteiger partial charge in [-0.3, -0.25) is 14.5 Å². The van der Waals surface area contributed by atoms with Crippen LogP contribution in [0.4, 0.5) is 11.4 Å². The first-order valence-electron chi connectivity index (χ1n) is 14.5. The quantitative estimate of drug-likeness (QED) is 0.379. The molecule has 0 saturated carbocycles. The number of nitrogens with zero attached hydrogens (tertiary/aromatic N) is 2. The van der Waals surface area contributed by atoms with Crippen LogP contribution in [-0.4, -0.2) is 75.8 Å². The number of nitrogens with one attached hydrogen (secondary N) is 2. The van der Waals surface area contributed by atoms with Crippen molar-refractivity contribution in [2.75, 3.05) is 69.3 Å². The third kappa shape index (κ3) is 8.70. The maximum Gasteiger partial charge on any atom is 0.255 e. The maximum atomic E-state index is 13.4. The molecule has 8 nitrogen and oxygen atoms in total. The van der Waals surface area contributed by atoms with Gasteiger partial charge in [-0.15, -0.1) is 0 Å². The summed E-state index contributed by atoms with van der Waals surface area (Å²) in [7, 11) is 0. The molecule has 0 aromatic heterocycles. The lowest BCUT2D eigenvalue weighted by Gasteiger charge is -2.33. The topological polar surface area (TPSA) is 83.1 Å². The summed E-state index contributed by atoms with van der Waals surface area (Å²) in [5.41, 5.74) is 2.68. The molecule has 0 atom stereocenters. The summed E-state index contributed by atoms with van der Waals surface area (Å²) in [6, 6.07) is 12.8. The second-order valence-electron chi connectivity index (χ2n) is 10.6. The molecule has 2 saturated heterocycles. The minimum Gasteiger partial charge on any atom is -0.494 e. The van der Waals surface area contributed by atoms with E-state index in [0.29, 0.717) is 35.9 Å². The maximum absolute atomic E-state index is 13.4. The van der Waals surface area contributed by atoms with Gasteiger partial charge >= 0.3 is 0 Å². The Labute approximate surface area is 233 Å². The number of anilines is 2. The molecule has 39 heavy (non-hydrogen) atoms. The highest BCUT2D eigenvalue weighted by atomic mass is 16.5. The van der Waals surface area contributed by atoms with E-state index in [1.807, 2.05) is 30.3 Å². The Morgan fingerprint density at radius 2 is 1.72 bits per heavy atom. The lowest BCUT2D eigenvalue weighted by atomic mass is 9.97. The molecule has 212 valence electrons. The molecule has 2 N–H and O–H groups in total. The van der Waals surface area contributed by atoms with Crippen molar-refractivity contribution in [2.24, 2.45) is 5.92 Å². The van der Waals surface area contributed by atoms with Crippen LogP contribution in [0.3, 0.4) is 0 Å². The number of morpholine rings is 1. The molecule has 0 aliphatic carbocycles. The van der Waals surface area contributed by atoms with E-state index in [1.165, 1.54) is 0 Å². The third-order valence-corrected chi connectivity index (χ3v) is 7.55. The first-order valence-corrected chi connectivity index (χ1v) is 14.5. The van der Waals surface area contributed by atoms with Gasteiger partial charge in [-0.25, -0.2) is 0 Å². The Morgan fingerprint density at radius 1 is 0.974 bits per heavy atom. The Bertz CT molecular complexity index is 1060. The molecule has 0 unspecified atom stereocenters. The molecule has 2 aromatic carbocycles. The van der Waals surface area contributed by atoms with Crippen molar-refractivity contribution in [3.05, 3.63) is 53.6 Å². The highest BCUT2D eigenvalue weighted by Gasteiger charge is 2.22. The van der Waals surface area contributed by atoms with E-state index in [9.17, 15) is 9.59 Å². The third-order valence-electron chi connectivity index (χ3n) is 7.55. The minimum absolute atomic E-state index is 0.102. The van der Waals surface area contributed by atoms with E-state index in [0.717, 1.165) is 89.5 Å². The molecule has 2 aromatic rings. The highest BCUT2D eigenvalue weighted by Crippen LogP contribution is 2.29. The van der Waals surface area contributed by atoms with E-state index >= 15 is 0 Å². The van der Waals surface area contributed by atoms with E-state index in [2.05, 4.69) is 34.3 Å². The standard InChI is InChI=1S/C31H44N4O4/c1-3-4-20-39-27-9-6-25(7-10-27)30(36)33-26-8-11-29(35-16-12-24(2)13-17-35)28(23-26)31(37)32-14-5-15-34-18-21-38-22-19-34/h6-11,23-24H,3-5,12-22H2,1-2H3,(H,32,37)(H,33,36). The summed E-state index contributed by atoms with van der Waals surface area (Å²) in [4.78, 5) is 31.0. The Balaban J connectivity index is 1.41. The van der Waals surface area contributed by atoms with Crippen molar-refractivity contribution >= 4 is 23.2 Å². The fourth-order valence-corrected chi connectivity index (χ4v) is 4.99. The zero-order chi connectivity index (χ0) is 27.5. The molecule has 0 radical (unpaired) electrons. The number of carbonyl (C=O) groups excluding carboxylic acids is 2. The largest absolute Gasteiger partial charge is 0.494 e. The van der Waals surface area contributed by atoms with Crippen LogP contribution in [0.2, 0.25) is 0 Å². The van der Waals surface area contributed by atoms with Crippen LogP contribution in [0, 0.1) is 5.92 Å². The fourth-order valence-electron chi connectivity index (χ4n) is 4.99. The van der Waals surface area contributed by atoms with Crippen molar-refractivity contribution < 1.29 is 19.1 Å². The molecule has 2 aliphatic rings. The first kappa shape index (κ1) is 28.9.